The Hall–Kier alpha value is -3.83. The number of methoxy groups -OCH3 is 1. The van der Waals surface area contributed by atoms with E-state index in [-0.39, 0.29) is 23.7 Å². The van der Waals surface area contributed by atoms with Gasteiger partial charge in [-0.2, -0.15) is 5.26 Å². The van der Waals surface area contributed by atoms with Gasteiger partial charge in [0.2, 0.25) is 0 Å². The number of ether oxygens (including phenoxy) is 4. The second kappa shape index (κ2) is 12.4. The molecule has 178 valence electrons. The second-order valence-electron chi connectivity index (χ2n) is 7.54. The number of hydrogen-bond acceptors (Lipinski definition) is 7. The number of esters is 1. The number of carbonyl (C=O) groups excluding carboxylic acids is 2. The summed E-state index contributed by atoms with van der Waals surface area (Å²) in [6.07, 6.45) is 2.23. The van der Waals surface area contributed by atoms with E-state index in [4.69, 9.17) is 18.9 Å². The number of rotatable bonds is 9. The van der Waals surface area contributed by atoms with E-state index in [9.17, 15) is 14.9 Å². The van der Waals surface area contributed by atoms with Crippen LogP contribution in [0, 0.1) is 11.3 Å². The van der Waals surface area contributed by atoms with Crippen LogP contribution in [-0.4, -0.2) is 56.8 Å². The molecule has 0 radical (unpaired) electrons. The highest BCUT2D eigenvalue weighted by Crippen LogP contribution is 2.29. The zero-order chi connectivity index (χ0) is 24.3. The van der Waals surface area contributed by atoms with Gasteiger partial charge in [-0.15, -0.1) is 0 Å². The Morgan fingerprint density at radius 3 is 2.50 bits per heavy atom. The zero-order valence-corrected chi connectivity index (χ0v) is 19.4. The molecular formula is C26H28N2O6. The predicted octanol–water partition coefficient (Wildman–Crippen LogP) is 3.40. The number of amides is 1. The number of carbonyl (C=O) groups is 2. The maximum absolute atomic E-state index is 12.6. The zero-order valence-electron chi connectivity index (χ0n) is 19.4. The molecule has 0 aliphatic carbocycles. The summed E-state index contributed by atoms with van der Waals surface area (Å²) in [6.45, 7) is 4.34. The molecule has 8 nitrogen and oxygen atoms in total. The van der Waals surface area contributed by atoms with Crippen LogP contribution in [0.5, 0.6) is 17.2 Å². The summed E-state index contributed by atoms with van der Waals surface area (Å²) in [4.78, 5) is 26.6. The Kier molecular flexibility index (Phi) is 9.06. The lowest BCUT2D eigenvalue weighted by atomic mass is 10.1. The van der Waals surface area contributed by atoms with Gasteiger partial charge in [0.15, 0.2) is 11.5 Å². The maximum Gasteiger partial charge on any atom is 0.311 e. The molecule has 1 amide bonds. The summed E-state index contributed by atoms with van der Waals surface area (Å²) in [5, 5.41) is 9.48. The number of hydrogen-bond donors (Lipinski definition) is 0. The number of nitriles is 1. The van der Waals surface area contributed by atoms with Crippen LogP contribution in [0.3, 0.4) is 0 Å². The van der Waals surface area contributed by atoms with E-state index >= 15 is 0 Å². The highest BCUT2D eigenvalue weighted by atomic mass is 16.6. The Labute approximate surface area is 199 Å². The normalized spacial score (nSPS) is 13.7. The second-order valence-corrected chi connectivity index (χ2v) is 7.54. The van der Waals surface area contributed by atoms with Gasteiger partial charge in [0.1, 0.15) is 17.4 Å². The van der Waals surface area contributed by atoms with Crippen molar-refractivity contribution in [1.82, 2.24) is 4.90 Å². The molecule has 0 atom stereocenters. The monoisotopic (exact) mass is 464 g/mol. The van der Waals surface area contributed by atoms with Crippen molar-refractivity contribution in [3.05, 3.63) is 59.2 Å². The van der Waals surface area contributed by atoms with Crippen molar-refractivity contribution in [1.29, 1.82) is 5.26 Å². The molecule has 2 aromatic carbocycles. The first-order valence-corrected chi connectivity index (χ1v) is 11.1. The molecular weight excluding hydrogens is 436 g/mol. The van der Waals surface area contributed by atoms with Crippen LogP contribution in [0.2, 0.25) is 0 Å². The van der Waals surface area contributed by atoms with Crippen LogP contribution in [0.15, 0.2) is 48.0 Å². The number of nitrogens with zero attached hydrogens (tertiary/aromatic N) is 2. The largest absolute Gasteiger partial charge is 0.494 e. The van der Waals surface area contributed by atoms with Crippen LogP contribution in [0.25, 0.3) is 6.08 Å². The molecule has 34 heavy (non-hydrogen) atoms. The summed E-state index contributed by atoms with van der Waals surface area (Å²) in [6, 6.07) is 14.4. The van der Waals surface area contributed by atoms with Gasteiger partial charge in [-0.05, 0) is 54.8 Å². The lowest BCUT2D eigenvalue weighted by Gasteiger charge is -2.26. The van der Waals surface area contributed by atoms with Gasteiger partial charge in [0, 0.05) is 19.5 Å². The van der Waals surface area contributed by atoms with Crippen molar-refractivity contribution in [3.8, 4) is 23.3 Å². The van der Waals surface area contributed by atoms with Gasteiger partial charge in [-0.25, -0.2) is 0 Å². The Balaban J connectivity index is 1.63. The molecule has 8 heteroatoms. The van der Waals surface area contributed by atoms with Gasteiger partial charge >= 0.3 is 5.97 Å². The summed E-state index contributed by atoms with van der Waals surface area (Å²) >= 11 is 0. The van der Waals surface area contributed by atoms with Crippen molar-refractivity contribution >= 4 is 18.0 Å². The maximum atomic E-state index is 12.6. The molecule has 0 bridgehead atoms. The third-order valence-corrected chi connectivity index (χ3v) is 5.22. The van der Waals surface area contributed by atoms with Gasteiger partial charge in [0.25, 0.3) is 5.91 Å². The highest BCUT2D eigenvalue weighted by molar-refractivity contribution is 6.01. The fraction of sp³-hybridized carbons (Fsp3) is 0.346. The van der Waals surface area contributed by atoms with Crippen molar-refractivity contribution < 1.29 is 28.5 Å². The van der Waals surface area contributed by atoms with Crippen molar-refractivity contribution in [2.75, 3.05) is 40.0 Å². The van der Waals surface area contributed by atoms with Crippen LogP contribution in [0.4, 0.5) is 0 Å². The molecule has 1 fully saturated rings. The Morgan fingerprint density at radius 1 is 1.12 bits per heavy atom. The van der Waals surface area contributed by atoms with Crippen molar-refractivity contribution in [3.63, 3.8) is 0 Å². The SMILES string of the molecule is CCOc1ccc(CCC(=O)Oc2ccc(/C=C(\C#N)C(=O)N3CCOCC3)cc2OC)cc1. The first-order valence-electron chi connectivity index (χ1n) is 11.1. The lowest BCUT2D eigenvalue weighted by Crippen LogP contribution is -2.41. The van der Waals surface area contributed by atoms with E-state index < -0.39 is 5.97 Å². The molecule has 1 aliphatic rings. The molecule has 3 rings (SSSR count). The fourth-order valence-corrected chi connectivity index (χ4v) is 3.44. The van der Waals surface area contributed by atoms with E-state index in [1.54, 1.807) is 23.1 Å². The van der Waals surface area contributed by atoms with Crippen LogP contribution < -0.4 is 14.2 Å². The first kappa shape index (κ1) is 24.8. The van der Waals surface area contributed by atoms with E-state index in [0.29, 0.717) is 50.6 Å². The molecule has 0 N–H and O–H groups in total. The van der Waals surface area contributed by atoms with E-state index in [1.165, 1.54) is 13.2 Å². The molecule has 1 heterocycles. The van der Waals surface area contributed by atoms with Gasteiger partial charge < -0.3 is 23.8 Å². The van der Waals surface area contributed by atoms with E-state index in [2.05, 4.69) is 0 Å². The molecule has 0 aromatic heterocycles. The van der Waals surface area contributed by atoms with Gasteiger partial charge in [-0.1, -0.05) is 18.2 Å². The fourth-order valence-electron chi connectivity index (χ4n) is 3.44. The topological polar surface area (TPSA) is 98.1 Å². The lowest BCUT2D eigenvalue weighted by molar-refractivity contribution is -0.134. The molecule has 1 saturated heterocycles. The van der Waals surface area contributed by atoms with Gasteiger partial charge in [0.05, 0.1) is 26.9 Å². The molecule has 2 aromatic rings. The predicted molar refractivity (Wildman–Crippen MR) is 126 cm³/mol. The summed E-state index contributed by atoms with van der Waals surface area (Å²) < 4.78 is 21.5. The summed E-state index contributed by atoms with van der Waals surface area (Å²) in [5.41, 5.74) is 1.61. The van der Waals surface area contributed by atoms with E-state index in [0.717, 1.165) is 11.3 Å². The minimum Gasteiger partial charge on any atom is -0.494 e. The first-order chi connectivity index (χ1) is 16.5. The summed E-state index contributed by atoms with van der Waals surface area (Å²) in [7, 11) is 1.46. The molecule has 0 saturated carbocycles. The average molecular weight is 465 g/mol. The highest BCUT2D eigenvalue weighted by Gasteiger charge is 2.21. The number of morpholine rings is 1. The number of aryl methyl sites for hydroxylation is 1. The number of benzene rings is 2. The van der Waals surface area contributed by atoms with Gasteiger partial charge in [-0.3, -0.25) is 9.59 Å². The third kappa shape index (κ3) is 6.83. The third-order valence-electron chi connectivity index (χ3n) is 5.22. The molecule has 1 aliphatic heterocycles. The van der Waals surface area contributed by atoms with Crippen LogP contribution in [-0.2, 0) is 20.7 Å². The molecule has 0 spiro atoms. The minimum absolute atomic E-state index is 0.0176. The van der Waals surface area contributed by atoms with E-state index in [1.807, 2.05) is 37.3 Å². The summed E-state index contributed by atoms with van der Waals surface area (Å²) in [5.74, 6) is 0.665. The van der Waals surface area contributed by atoms with Crippen LogP contribution in [0.1, 0.15) is 24.5 Å². The Bertz CT molecular complexity index is 1070. The van der Waals surface area contributed by atoms with Crippen molar-refractivity contribution in [2.24, 2.45) is 0 Å². The Morgan fingerprint density at radius 2 is 1.85 bits per heavy atom. The van der Waals surface area contributed by atoms with Crippen molar-refractivity contribution in [2.45, 2.75) is 19.8 Å². The standard InChI is InChI=1S/C26H28N2O6/c1-3-33-22-8-4-19(5-9-22)7-11-25(29)34-23-10-6-20(17-24(23)31-2)16-21(18-27)26(30)28-12-14-32-15-13-28/h4-6,8-10,16-17H,3,7,11-15H2,1-2H3/b21-16+. The quantitative estimate of drug-likeness (QED) is 0.243. The van der Waals surface area contributed by atoms with Crippen LogP contribution >= 0.6 is 0 Å². The molecule has 0 unspecified atom stereocenters. The minimum atomic E-state index is -0.393. The average Bonchev–Trinajstić information content (AvgIpc) is 2.88. The smallest absolute Gasteiger partial charge is 0.311 e.